The van der Waals surface area contributed by atoms with Gasteiger partial charge in [0.25, 0.3) is 0 Å². The number of para-hydroxylation sites is 2. The molecule has 1 aromatic heterocycles. The normalized spacial score (nSPS) is 20.1. The van der Waals surface area contributed by atoms with Gasteiger partial charge in [0.2, 0.25) is 0 Å². The topological polar surface area (TPSA) is 122 Å². The Kier molecular flexibility index (Phi) is 9.85. The third-order valence-corrected chi connectivity index (χ3v) is 8.99. The molecule has 0 spiro atoms. The maximum absolute atomic E-state index is 13.8. The quantitative estimate of drug-likeness (QED) is 0.149. The first-order chi connectivity index (χ1) is 24.0. The summed E-state index contributed by atoms with van der Waals surface area (Å²) in [6, 6.07) is 9.31. The van der Waals surface area contributed by atoms with E-state index in [-0.39, 0.29) is 22.6 Å². The van der Waals surface area contributed by atoms with Crippen molar-refractivity contribution >= 4 is 34.2 Å². The zero-order valence-corrected chi connectivity index (χ0v) is 30.0. The number of halogens is 6. The summed E-state index contributed by atoms with van der Waals surface area (Å²) in [7, 11) is 0. The summed E-state index contributed by atoms with van der Waals surface area (Å²) in [6.45, 7) is 15.4. The molecule has 0 amide bonds. The first-order valence-electron chi connectivity index (χ1n) is 16.5. The Labute approximate surface area is 298 Å². The highest BCUT2D eigenvalue weighted by molar-refractivity contribution is 6.52. The smallest absolute Gasteiger partial charge is 0.302 e. The lowest BCUT2D eigenvalue weighted by Crippen LogP contribution is -2.24. The Hall–Kier alpha value is -5.14. The number of aromatic nitrogens is 2. The average Bonchev–Trinajstić information content (AvgIpc) is 3.55. The number of aryl methyl sites for hydroxylation is 2. The van der Waals surface area contributed by atoms with Crippen LogP contribution in [0, 0.1) is 35.5 Å². The highest BCUT2D eigenvalue weighted by atomic mass is 19.4. The van der Waals surface area contributed by atoms with Crippen LogP contribution in [-0.4, -0.2) is 32.8 Å². The van der Waals surface area contributed by atoms with Crippen LogP contribution in [0.2, 0.25) is 0 Å². The van der Waals surface area contributed by atoms with Crippen LogP contribution >= 0.6 is 0 Å². The van der Waals surface area contributed by atoms with Crippen molar-refractivity contribution in [3.05, 3.63) is 106 Å². The molecule has 8 nitrogen and oxygen atoms in total. The van der Waals surface area contributed by atoms with E-state index in [0.717, 1.165) is 22.4 Å². The summed E-state index contributed by atoms with van der Waals surface area (Å²) in [5.74, 6) is -1.46. The number of alkyl halides is 6. The lowest BCUT2D eigenvalue weighted by atomic mass is 9.85. The van der Waals surface area contributed by atoms with Crippen LogP contribution in [0.5, 0.6) is 0 Å². The molecular formula is C38H40F6N8. The number of nitrogens with zero attached hydrogens (tertiary/aromatic N) is 4. The summed E-state index contributed by atoms with van der Waals surface area (Å²) in [5, 5.41) is 27.0. The molecule has 2 unspecified atom stereocenters. The lowest BCUT2D eigenvalue weighted by molar-refractivity contribution is -0.141. The Morgan fingerprint density at radius 1 is 0.615 bits per heavy atom. The average molecular weight is 723 g/mol. The first-order valence-corrected chi connectivity index (χ1v) is 16.5. The van der Waals surface area contributed by atoms with Crippen LogP contribution < -0.4 is 10.9 Å². The van der Waals surface area contributed by atoms with Gasteiger partial charge in [0.15, 0.2) is 0 Å². The Bertz CT molecular complexity index is 2000. The zero-order valence-electron chi connectivity index (χ0n) is 30.0. The number of hydrogen-bond donors (Lipinski definition) is 4. The van der Waals surface area contributed by atoms with E-state index in [0.29, 0.717) is 40.9 Å². The van der Waals surface area contributed by atoms with Gasteiger partial charge < -0.3 is 10.8 Å². The monoisotopic (exact) mass is 722 g/mol. The second-order valence-corrected chi connectivity index (χ2v) is 14.9. The van der Waals surface area contributed by atoms with E-state index < -0.39 is 46.4 Å². The highest BCUT2D eigenvalue weighted by Crippen LogP contribution is 2.44. The Morgan fingerprint density at radius 2 is 1.00 bits per heavy atom. The molecule has 0 saturated carbocycles. The van der Waals surface area contributed by atoms with Crippen molar-refractivity contribution in [2.24, 2.45) is 21.0 Å². The standard InChI is InChI=1S/C38H40F6N8/c1-19-11-9-12-20(2)31(19)49-51-33-25(35(3,4)5)15-21(29(33)45)27-17-28(48-18-47-27)22-16-26(36(6,7)8)34(30(22)46)52-50-32-23(37(39,40)41)13-10-14-24(32)38(42,43)44/h9-18,21-22,45-46,49-50H,1-8H3. The van der Waals surface area contributed by atoms with Gasteiger partial charge in [-0.05, 0) is 65.1 Å². The zero-order chi connectivity index (χ0) is 38.6. The minimum absolute atomic E-state index is 0.0988. The Balaban J connectivity index is 1.52. The van der Waals surface area contributed by atoms with Crippen LogP contribution in [0.1, 0.15) is 87.0 Å². The molecule has 0 fully saturated rings. The number of benzene rings is 2. The summed E-state index contributed by atoms with van der Waals surface area (Å²) >= 11 is 0. The van der Waals surface area contributed by atoms with Crippen molar-refractivity contribution in [2.45, 2.75) is 79.6 Å². The van der Waals surface area contributed by atoms with Gasteiger partial charge in [-0.2, -0.15) is 36.5 Å². The van der Waals surface area contributed by atoms with E-state index in [9.17, 15) is 31.8 Å². The molecule has 2 aromatic carbocycles. The molecule has 0 aliphatic heterocycles. The molecule has 0 radical (unpaired) electrons. The summed E-state index contributed by atoms with van der Waals surface area (Å²) < 4.78 is 83.1. The molecule has 3 aromatic rings. The maximum Gasteiger partial charge on any atom is 0.418 e. The Morgan fingerprint density at radius 3 is 1.38 bits per heavy atom. The fourth-order valence-corrected chi connectivity index (χ4v) is 6.25. The molecule has 2 aliphatic rings. The van der Waals surface area contributed by atoms with Crippen molar-refractivity contribution in [1.82, 2.24) is 9.97 Å². The largest absolute Gasteiger partial charge is 0.418 e. The van der Waals surface area contributed by atoms with E-state index in [1.807, 2.05) is 64.3 Å². The van der Waals surface area contributed by atoms with Gasteiger partial charge in [0.1, 0.15) is 17.8 Å². The van der Waals surface area contributed by atoms with Gasteiger partial charge in [-0.3, -0.25) is 10.9 Å². The second kappa shape index (κ2) is 13.4. The molecule has 274 valence electrons. The van der Waals surface area contributed by atoms with Crippen LogP contribution in [0.25, 0.3) is 0 Å². The van der Waals surface area contributed by atoms with Crippen LogP contribution in [0.3, 0.4) is 0 Å². The minimum Gasteiger partial charge on any atom is -0.302 e. The third-order valence-electron chi connectivity index (χ3n) is 8.99. The van der Waals surface area contributed by atoms with Crippen LogP contribution in [-0.2, 0) is 12.4 Å². The van der Waals surface area contributed by atoms with Gasteiger partial charge in [0.05, 0.1) is 57.1 Å². The van der Waals surface area contributed by atoms with Crippen molar-refractivity contribution in [3.63, 3.8) is 0 Å². The predicted molar refractivity (Wildman–Crippen MR) is 193 cm³/mol. The number of nitrogens with one attached hydrogen (secondary N) is 4. The third kappa shape index (κ3) is 7.56. The highest BCUT2D eigenvalue weighted by Gasteiger charge is 2.42. The van der Waals surface area contributed by atoms with Gasteiger partial charge in [-0.15, -0.1) is 0 Å². The molecular weight excluding hydrogens is 682 g/mol. The molecule has 2 aliphatic carbocycles. The van der Waals surface area contributed by atoms with Gasteiger partial charge in [-0.25, -0.2) is 9.97 Å². The summed E-state index contributed by atoms with van der Waals surface area (Å²) in [4.78, 5) is 8.88. The molecule has 52 heavy (non-hydrogen) atoms. The molecule has 4 N–H and O–H groups in total. The number of rotatable bonds is 6. The van der Waals surface area contributed by atoms with Crippen LogP contribution in [0.15, 0.2) is 82.3 Å². The van der Waals surface area contributed by atoms with E-state index in [1.165, 1.54) is 6.33 Å². The van der Waals surface area contributed by atoms with Crippen molar-refractivity contribution < 1.29 is 26.3 Å². The number of hydrazone groups is 2. The minimum atomic E-state index is -5.11. The van der Waals surface area contributed by atoms with Gasteiger partial charge in [-0.1, -0.05) is 78.0 Å². The summed E-state index contributed by atoms with van der Waals surface area (Å²) in [5.41, 5.74) is 5.09. The molecule has 0 saturated heterocycles. The fraction of sp³-hybridized carbons (Fsp3) is 0.368. The SMILES string of the molecule is Cc1cccc(C)c1NN=C1C(=N)C(c2cc(C3C=C(C(C)(C)C)C(=NNc4c(C(F)(F)F)cccc4C(F)(F)F)C3=N)ncn2)C=C1C(C)(C)C. The number of allylic oxidation sites excluding steroid dienone is 4. The van der Waals surface area contributed by atoms with E-state index >= 15 is 0 Å². The first kappa shape index (κ1) is 38.1. The fourth-order valence-electron chi connectivity index (χ4n) is 6.25. The second-order valence-electron chi connectivity index (χ2n) is 14.9. The van der Waals surface area contributed by atoms with Gasteiger partial charge >= 0.3 is 12.4 Å². The van der Waals surface area contributed by atoms with E-state index in [2.05, 4.69) is 25.6 Å². The van der Waals surface area contributed by atoms with Gasteiger partial charge in [0, 0.05) is 0 Å². The molecule has 5 rings (SSSR count). The molecule has 0 bridgehead atoms. The summed E-state index contributed by atoms with van der Waals surface area (Å²) in [6.07, 6.45) is -5.28. The van der Waals surface area contributed by atoms with E-state index in [1.54, 1.807) is 32.9 Å². The number of anilines is 2. The number of hydrogen-bond acceptors (Lipinski definition) is 8. The molecule has 1 heterocycles. The van der Waals surface area contributed by atoms with Crippen molar-refractivity contribution in [3.8, 4) is 0 Å². The van der Waals surface area contributed by atoms with Crippen LogP contribution in [0.4, 0.5) is 37.7 Å². The maximum atomic E-state index is 13.8. The van der Waals surface area contributed by atoms with E-state index in [4.69, 9.17) is 5.41 Å². The lowest BCUT2D eigenvalue weighted by Gasteiger charge is -2.22. The molecule has 2 atom stereocenters. The molecule has 14 heteroatoms. The van der Waals surface area contributed by atoms with Crippen molar-refractivity contribution in [2.75, 3.05) is 10.9 Å². The predicted octanol–water partition coefficient (Wildman–Crippen LogP) is 10.2. The van der Waals surface area contributed by atoms with Crippen molar-refractivity contribution in [1.29, 1.82) is 10.8 Å².